The van der Waals surface area contributed by atoms with Crippen molar-refractivity contribution in [3.8, 4) is 10.6 Å². The van der Waals surface area contributed by atoms with Gasteiger partial charge in [0.25, 0.3) is 5.91 Å². The largest absolute Gasteiger partial charge is 0.325 e. The van der Waals surface area contributed by atoms with E-state index in [1.165, 1.54) is 9.78 Å². The highest BCUT2D eigenvalue weighted by molar-refractivity contribution is 7.15. The molecule has 34 heavy (non-hydrogen) atoms. The zero-order valence-corrected chi connectivity index (χ0v) is 20.1. The van der Waals surface area contributed by atoms with Gasteiger partial charge in [-0.2, -0.15) is 0 Å². The molecule has 2 fully saturated rings. The lowest BCUT2D eigenvalue weighted by Crippen LogP contribution is -2.55. The van der Waals surface area contributed by atoms with Crippen molar-refractivity contribution in [3.05, 3.63) is 71.5 Å². The van der Waals surface area contributed by atoms with Crippen molar-refractivity contribution in [2.24, 2.45) is 5.92 Å². The lowest BCUT2D eigenvalue weighted by atomic mass is 9.75. The first-order chi connectivity index (χ1) is 16.6. The van der Waals surface area contributed by atoms with Crippen LogP contribution >= 0.6 is 11.3 Å². The van der Waals surface area contributed by atoms with Crippen LogP contribution in [0, 0.1) is 5.92 Å². The number of hydrogen-bond donors (Lipinski definition) is 1. The van der Waals surface area contributed by atoms with Crippen LogP contribution in [0.2, 0.25) is 0 Å². The van der Waals surface area contributed by atoms with Crippen LogP contribution in [0.3, 0.4) is 0 Å². The molecule has 176 valence electrons. The Bertz CT molecular complexity index is 1140. The fourth-order valence-corrected chi connectivity index (χ4v) is 6.11. The number of rotatable bonds is 7. The van der Waals surface area contributed by atoms with Crippen LogP contribution in [0.15, 0.2) is 60.9 Å². The molecule has 0 saturated carbocycles. The summed E-state index contributed by atoms with van der Waals surface area (Å²) in [4.78, 5) is 40.2. The van der Waals surface area contributed by atoms with E-state index in [4.69, 9.17) is 0 Å². The SMILES string of the molecule is CCC1(C2CCN(Cc3cnc(-c4ccccc4)s3)CC2)NC(=O)N(Cc2ccccn2)C1=O. The van der Waals surface area contributed by atoms with E-state index >= 15 is 0 Å². The topological polar surface area (TPSA) is 78.4 Å². The Morgan fingerprint density at radius 2 is 1.79 bits per heavy atom. The summed E-state index contributed by atoms with van der Waals surface area (Å²) in [5.41, 5.74) is 1.04. The number of likely N-dealkylation sites (tertiary alicyclic amines) is 1. The summed E-state index contributed by atoms with van der Waals surface area (Å²) in [6, 6.07) is 15.5. The summed E-state index contributed by atoms with van der Waals surface area (Å²) in [5, 5.41) is 4.12. The normalized spacial score (nSPS) is 21.7. The maximum absolute atomic E-state index is 13.5. The summed E-state index contributed by atoms with van der Waals surface area (Å²) in [7, 11) is 0. The molecule has 5 rings (SSSR count). The molecule has 3 amide bonds. The molecule has 4 heterocycles. The molecule has 2 saturated heterocycles. The predicted molar refractivity (Wildman–Crippen MR) is 132 cm³/mol. The predicted octanol–water partition coefficient (Wildman–Crippen LogP) is 4.32. The van der Waals surface area contributed by atoms with Crippen LogP contribution in [0.4, 0.5) is 4.79 Å². The van der Waals surface area contributed by atoms with Gasteiger partial charge in [-0.15, -0.1) is 11.3 Å². The number of nitrogens with one attached hydrogen (secondary N) is 1. The first kappa shape index (κ1) is 22.7. The third kappa shape index (κ3) is 4.35. The number of piperidine rings is 1. The molecule has 1 unspecified atom stereocenters. The molecule has 0 bridgehead atoms. The molecule has 1 atom stereocenters. The highest BCUT2D eigenvalue weighted by Gasteiger charge is 2.54. The Hall–Kier alpha value is -3.10. The van der Waals surface area contributed by atoms with Gasteiger partial charge in [0, 0.05) is 29.4 Å². The molecule has 2 aliphatic rings. The van der Waals surface area contributed by atoms with Crippen molar-refractivity contribution in [2.75, 3.05) is 13.1 Å². The second-order valence-corrected chi connectivity index (χ2v) is 10.1. The van der Waals surface area contributed by atoms with Crippen molar-refractivity contribution in [1.29, 1.82) is 0 Å². The standard InChI is InChI=1S/C26H29N5O2S/c1-2-26(24(32)31(25(33)29-26)17-21-10-6-7-13-27-21)20-11-14-30(15-12-20)18-22-16-28-23(34-22)19-8-4-3-5-9-19/h3-10,13,16,20H,2,11-12,14-15,17-18H2,1H3,(H,29,33). The van der Waals surface area contributed by atoms with E-state index in [-0.39, 0.29) is 24.4 Å². The number of imide groups is 1. The van der Waals surface area contributed by atoms with E-state index < -0.39 is 5.54 Å². The van der Waals surface area contributed by atoms with E-state index in [0.717, 1.165) is 43.0 Å². The number of hydrogen-bond acceptors (Lipinski definition) is 6. The van der Waals surface area contributed by atoms with Crippen LogP contribution in [0.5, 0.6) is 0 Å². The fourth-order valence-electron chi connectivity index (χ4n) is 5.15. The van der Waals surface area contributed by atoms with Gasteiger partial charge in [-0.3, -0.25) is 19.6 Å². The van der Waals surface area contributed by atoms with E-state index in [1.54, 1.807) is 17.5 Å². The van der Waals surface area contributed by atoms with Gasteiger partial charge in [0.05, 0.1) is 12.2 Å². The minimum absolute atomic E-state index is 0.112. The van der Waals surface area contributed by atoms with Gasteiger partial charge in [0.15, 0.2) is 0 Å². The highest BCUT2D eigenvalue weighted by atomic mass is 32.1. The Balaban J connectivity index is 1.22. The third-order valence-electron chi connectivity index (χ3n) is 7.04. The number of thiazole rings is 1. The Kier molecular flexibility index (Phi) is 6.43. The first-order valence-electron chi connectivity index (χ1n) is 11.9. The molecule has 3 aromatic rings. The van der Waals surface area contributed by atoms with Gasteiger partial charge >= 0.3 is 6.03 Å². The molecular formula is C26H29N5O2S. The van der Waals surface area contributed by atoms with E-state index in [9.17, 15) is 9.59 Å². The third-order valence-corrected chi connectivity index (χ3v) is 8.08. The lowest BCUT2D eigenvalue weighted by Gasteiger charge is -2.40. The summed E-state index contributed by atoms with van der Waals surface area (Å²) >= 11 is 1.73. The van der Waals surface area contributed by atoms with E-state index in [2.05, 4.69) is 32.3 Å². The van der Waals surface area contributed by atoms with Crippen molar-refractivity contribution in [1.82, 2.24) is 25.1 Å². The van der Waals surface area contributed by atoms with Gasteiger partial charge in [-0.05, 0) is 50.4 Å². The molecule has 7 nitrogen and oxygen atoms in total. The van der Waals surface area contributed by atoms with Crippen molar-refractivity contribution in [2.45, 2.75) is 44.8 Å². The van der Waals surface area contributed by atoms with Crippen LogP contribution in [0.25, 0.3) is 10.6 Å². The second kappa shape index (κ2) is 9.64. The molecule has 8 heteroatoms. The van der Waals surface area contributed by atoms with Gasteiger partial charge in [0.1, 0.15) is 10.5 Å². The molecule has 0 radical (unpaired) electrons. The summed E-state index contributed by atoms with van der Waals surface area (Å²) < 4.78 is 0. The Morgan fingerprint density at radius 3 is 2.50 bits per heavy atom. The van der Waals surface area contributed by atoms with Crippen molar-refractivity contribution >= 4 is 23.3 Å². The van der Waals surface area contributed by atoms with E-state index in [1.807, 2.05) is 49.5 Å². The van der Waals surface area contributed by atoms with Gasteiger partial charge in [-0.1, -0.05) is 43.3 Å². The van der Waals surface area contributed by atoms with Crippen LogP contribution in [0.1, 0.15) is 36.8 Å². The van der Waals surface area contributed by atoms with Crippen LogP contribution in [-0.4, -0.2) is 50.3 Å². The lowest BCUT2D eigenvalue weighted by molar-refractivity contribution is -0.134. The Labute approximate surface area is 203 Å². The van der Waals surface area contributed by atoms with Gasteiger partial charge < -0.3 is 5.32 Å². The zero-order chi connectivity index (χ0) is 23.5. The quantitative estimate of drug-likeness (QED) is 0.515. The summed E-state index contributed by atoms with van der Waals surface area (Å²) in [6.07, 6.45) is 6.00. The minimum Gasteiger partial charge on any atom is -0.323 e. The molecule has 1 N–H and O–H groups in total. The van der Waals surface area contributed by atoms with Crippen LogP contribution < -0.4 is 5.32 Å². The van der Waals surface area contributed by atoms with Crippen molar-refractivity contribution in [3.63, 3.8) is 0 Å². The monoisotopic (exact) mass is 475 g/mol. The van der Waals surface area contributed by atoms with Crippen LogP contribution in [-0.2, 0) is 17.9 Å². The number of nitrogens with zero attached hydrogens (tertiary/aromatic N) is 4. The number of amides is 3. The first-order valence-corrected chi connectivity index (χ1v) is 12.7. The molecular weight excluding hydrogens is 446 g/mol. The van der Waals surface area contributed by atoms with E-state index in [0.29, 0.717) is 12.1 Å². The molecule has 0 aliphatic carbocycles. The second-order valence-electron chi connectivity index (χ2n) is 9.02. The smallest absolute Gasteiger partial charge is 0.323 e. The number of carbonyl (C=O) groups excluding carboxylic acids is 2. The summed E-state index contributed by atoms with van der Waals surface area (Å²) in [6.45, 7) is 4.86. The maximum atomic E-state index is 13.5. The molecule has 1 aromatic carbocycles. The Morgan fingerprint density at radius 1 is 1.03 bits per heavy atom. The highest BCUT2D eigenvalue weighted by Crippen LogP contribution is 2.37. The average Bonchev–Trinajstić information content (AvgIpc) is 3.44. The average molecular weight is 476 g/mol. The zero-order valence-electron chi connectivity index (χ0n) is 19.3. The molecule has 2 aliphatic heterocycles. The van der Waals surface area contributed by atoms with Crippen molar-refractivity contribution < 1.29 is 9.59 Å². The minimum atomic E-state index is -0.817. The fraction of sp³-hybridized carbons (Fsp3) is 0.385. The number of benzene rings is 1. The van der Waals surface area contributed by atoms with Gasteiger partial charge in [-0.25, -0.2) is 9.78 Å². The summed E-state index contributed by atoms with van der Waals surface area (Å²) in [5.74, 6) is 0.0133. The molecule has 0 spiro atoms. The number of urea groups is 1. The number of pyridine rings is 1. The maximum Gasteiger partial charge on any atom is 0.325 e. The number of aromatic nitrogens is 2. The molecule has 2 aromatic heterocycles. The number of carbonyl (C=O) groups is 2. The van der Waals surface area contributed by atoms with Gasteiger partial charge in [0.2, 0.25) is 0 Å².